The fourth-order valence-corrected chi connectivity index (χ4v) is 2.07. The van der Waals surface area contributed by atoms with Crippen molar-refractivity contribution in [3.8, 4) is 11.5 Å². The van der Waals surface area contributed by atoms with Crippen LogP contribution >= 0.6 is 0 Å². The Morgan fingerprint density at radius 3 is 2.70 bits per heavy atom. The van der Waals surface area contributed by atoms with Crippen molar-refractivity contribution in [2.45, 2.75) is 6.92 Å². The number of nitro groups is 1. The Balaban J connectivity index is 2.35. The summed E-state index contributed by atoms with van der Waals surface area (Å²) >= 11 is 0. The maximum absolute atomic E-state index is 12.2. The van der Waals surface area contributed by atoms with E-state index in [9.17, 15) is 19.7 Å². The van der Waals surface area contributed by atoms with Crippen molar-refractivity contribution in [1.82, 2.24) is 4.90 Å². The Kier molecular flexibility index (Phi) is 5.47. The number of ether oxygens (including phenoxy) is 3. The van der Waals surface area contributed by atoms with Crippen molar-refractivity contribution < 1.29 is 28.7 Å². The number of amides is 1. The first-order valence-corrected chi connectivity index (χ1v) is 7.01. The summed E-state index contributed by atoms with van der Waals surface area (Å²) in [6.45, 7) is 3.29. The van der Waals surface area contributed by atoms with E-state index in [1.807, 2.05) is 0 Å². The predicted molar refractivity (Wildman–Crippen MR) is 78.1 cm³/mol. The molecular weight excluding hydrogens is 308 g/mol. The fourth-order valence-electron chi connectivity index (χ4n) is 2.07. The van der Waals surface area contributed by atoms with Crippen molar-refractivity contribution >= 4 is 18.1 Å². The van der Waals surface area contributed by atoms with Crippen LogP contribution in [0.3, 0.4) is 0 Å². The molecule has 9 nitrogen and oxygen atoms in total. The lowest BCUT2D eigenvalue weighted by atomic mass is 10.2. The van der Waals surface area contributed by atoms with Crippen LogP contribution in [-0.2, 0) is 4.74 Å². The molecule has 1 amide bonds. The molecule has 1 saturated heterocycles. The molecule has 1 aromatic carbocycles. The zero-order valence-corrected chi connectivity index (χ0v) is 12.5. The number of carbonyl (C=O) groups excluding carboxylic acids is 2. The van der Waals surface area contributed by atoms with Crippen LogP contribution in [0.4, 0.5) is 10.5 Å². The van der Waals surface area contributed by atoms with Crippen LogP contribution in [0.25, 0.3) is 0 Å². The van der Waals surface area contributed by atoms with Crippen LogP contribution in [0.2, 0.25) is 0 Å². The summed E-state index contributed by atoms with van der Waals surface area (Å²) < 4.78 is 15.6. The standard InChI is InChI=1S/C14H16N2O7/c1-2-22-12-8-10(9-17)7-11(16(19)20)13(12)23-14(18)15-3-5-21-6-4-15/h7-9H,2-6H2,1H3. The topological polar surface area (TPSA) is 108 Å². The molecule has 1 fully saturated rings. The van der Waals surface area contributed by atoms with Gasteiger partial charge in [0.15, 0.2) is 5.75 Å². The van der Waals surface area contributed by atoms with Gasteiger partial charge in [-0.05, 0) is 13.0 Å². The summed E-state index contributed by atoms with van der Waals surface area (Å²) in [6.07, 6.45) is -0.264. The van der Waals surface area contributed by atoms with Gasteiger partial charge in [0.05, 0.1) is 24.7 Å². The van der Waals surface area contributed by atoms with Gasteiger partial charge in [-0.3, -0.25) is 14.9 Å². The Morgan fingerprint density at radius 2 is 2.13 bits per heavy atom. The third-order valence-electron chi connectivity index (χ3n) is 3.15. The summed E-state index contributed by atoms with van der Waals surface area (Å²) in [6, 6.07) is 2.34. The van der Waals surface area contributed by atoms with Gasteiger partial charge in [0.1, 0.15) is 6.29 Å². The van der Waals surface area contributed by atoms with Gasteiger partial charge < -0.3 is 19.1 Å². The molecule has 0 saturated carbocycles. The number of nitrogens with zero attached hydrogens (tertiary/aromatic N) is 2. The number of aldehydes is 1. The quantitative estimate of drug-likeness (QED) is 0.460. The highest BCUT2D eigenvalue weighted by Crippen LogP contribution is 2.38. The highest BCUT2D eigenvalue weighted by Gasteiger charge is 2.27. The fraction of sp³-hybridized carbons (Fsp3) is 0.429. The van der Waals surface area contributed by atoms with E-state index in [4.69, 9.17) is 14.2 Å². The first-order valence-electron chi connectivity index (χ1n) is 7.01. The lowest BCUT2D eigenvalue weighted by Crippen LogP contribution is -2.42. The Hall–Kier alpha value is -2.68. The van der Waals surface area contributed by atoms with Crippen molar-refractivity contribution in [3.63, 3.8) is 0 Å². The van der Waals surface area contributed by atoms with E-state index in [2.05, 4.69) is 0 Å². The van der Waals surface area contributed by atoms with Crippen LogP contribution in [0.5, 0.6) is 11.5 Å². The van der Waals surface area contributed by atoms with E-state index in [0.29, 0.717) is 32.6 Å². The molecule has 1 aliphatic rings. The van der Waals surface area contributed by atoms with Crippen molar-refractivity contribution in [2.24, 2.45) is 0 Å². The smallest absolute Gasteiger partial charge is 0.415 e. The van der Waals surface area contributed by atoms with Gasteiger partial charge >= 0.3 is 11.8 Å². The average molecular weight is 324 g/mol. The SMILES string of the molecule is CCOc1cc(C=O)cc([N+](=O)[O-])c1OC(=O)N1CCOCC1. The molecule has 0 aromatic heterocycles. The minimum Gasteiger partial charge on any atom is -0.490 e. The van der Waals surface area contributed by atoms with Crippen LogP contribution in [-0.4, -0.2) is 55.1 Å². The maximum atomic E-state index is 12.2. The Labute approximate surface area is 131 Å². The molecule has 0 unspecified atom stereocenters. The molecule has 0 N–H and O–H groups in total. The Bertz CT molecular complexity index is 611. The number of carbonyl (C=O) groups is 2. The number of morpholine rings is 1. The van der Waals surface area contributed by atoms with Crippen LogP contribution in [0, 0.1) is 10.1 Å². The van der Waals surface area contributed by atoms with Crippen LogP contribution in [0.15, 0.2) is 12.1 Å². The van der Waals surface area contributed by atoms with E-state index in [-0.39, 0.29) is 23.7 Å². The molecular formula is C14H16N2O7. The number of rotatable bonds is 5. The van der Waals surface area contributed by atoms with Gasteiger partial charge in [-0.2, -0.15) is 0 Å². The van der Waals surface area contributed by atoms with E-state index in [1.54, 1.807) is 6.92 Å². The third-order valence-corrected chi connectivity index (χ3v) is 3.15. The number of nitro benzene ring substituents is 1. The first kappa shape index (κ1) is 16.7. The van der Waals surface area contributed by atoms with Gasteiger partial charge in [0, 0.05) is 24.7 Å². The molecule has 0 atom stereocenters. The maximum Gasteiger partial charge on any atom is 0.415 e. The predicted octanol–water partition coefficient (Wildman–Crippen LogP) is 1.64. The summed E-state index contributed by atoms with van der Waals surface area (Å²) in [5, 5.41) is 11.2. The highest BCUT2D eigenvalue weighted by atomic mass is 16.6. The van der Waals surface area contributed by atoms with Gasteiger partial charge in [-0.1, -0.05) is 0 Å². The van der Waals surface area contributed by atoms with Crippen LogP contribution < -0.4 is 9.47 Å². The zero-order chi connectivity index (χ0) is 16.8. The van der Waals surface area contributed by atoms with E-state index >= 15 is 0 Å². The minimum absolute atomic E-state index is 0.0228. The average Bonchev–Trinajstić information content (AvgIpc) is 2.56. The molecule has 2 rings (SSSR count). The first-order chi connectivity index (χ1) is 11.1. The van der Waals surface area contributed by atoms with Gasteiger partial charge in [0.25, 0.3) is 5.75 Å². The summed E-state index contributed by atoms with van der Waals surface area (Å²) in [4.78, 5) is 34.9. The van der Waals surface area contributed by atoms with Crippen molar-refractivity contribution in [3.05, 3.63) is 27.8 Å². The van der Waals surface area contributed by atoms with E-state index < -0.39 is 16.7 Å². The molecule has 9 heteroatoms. The molecule has 0 spiro atoms. The highest BCUT2D eigenvalue weighted by molar-refractivity contribution is 5.81. The summed E-state index contributed by atoms with van der Waals surface area (Å²) in [5.41, 5.74) is -0.439. The van der Waals surface area contributed by atoms with E-state index in [0.717, 1.165) is 6.07 Å². The second-order valence-corrected chi connectivity index (χ2v) is 4.64. The zero-order valence-electron chi connectivity index (χ0n) is 12.5. The van der Waals surface area contributed by atoms with Gasteiger partial charge in [0.2, 0.25) is 0 Å². The lowest BCUT2D eigenvalue weighted by molar-refractivity contribution is -0.385. The van der Waals surface area contributed by atoms with Gasteiger partial charge in [-0.15, -0.1) is 0 Å². The molecule has 1 aromatic rings. The lowest BCUT2D eigenvalue weighted by Gasteiger charge is -2.26. The molecule has 0 bridgehead atoms. The largest absolute Gasteiger partial charge is 0.490 e. The monoisotopic (exact) mass is 324 g/mol. The number of benzene rings is 1. The molecule has 124 valence electrons. The summed E-state index contributed by atoms with van der Waals surface area (Å²) in [7, 11) is 0. The Morgan fingerprint density at radius 1 is 1.43 bits per heavy atom. The van der Waals surface area contributed by atoms with Gasteiger partial charge in [-0.25, -0.2) is 4.79 Å². The van der Waals surface area contributed by atoms with Crippen molar-refractivity contribution in [2.75, 3.05) is 32.9 Å². The van der Waals surface area contributed by atoms with E-state index in [1.165, 1.54) is 11.0 Å². The third kappa shape index (κ3) is 3.95. The normalized spacial score (nSPS) is 14.2. The molecule has 23 heavy (non-hydrogen) atoms. The summed E-state index contributed by atoms with van der Waals surface area (Å²) in [5.74, 6) is -0.329. The minimum atomic E-state index is -0.726. The molecule has 1 aliphatic heterocycles. The molecule has 1 heterocycles. The second kappa shape index (κ2) is 7.54. The van der Waals surface area contributed by atoms with Crippen LogP contribution in [0.1, 0.15) is 17.3 Å². The molecule has 0 aliphatic carbocycles. The van der Waals surface area contributed by atoms with Crippen molar-refractivity contribution in [1.29, 1.82) is 0 Å². The molecule has 0 radical (unpaired) electrons. The number of hydrogen-bond acceptors (Lipinski definition) is 7. The number of hydrogen-bond donors (Lipinski definition) is 0. The second-order valence-electron chi connectivity index (χ2n) is 4.64.